The largest absolute Gasteiger partial charge is 0.508 e. The molecule has 7 heteroatoms. The molecule has 5 nitrogen and oxygen atoms in total. The molecule has 1 fully saturated rings. The molecular formula is C25H20ClN3O2S. The predicted octanol–water partition coefficient (Wildman–Crippen LogP) is 6.19. The number of phenols is 1. The molecule has 2 atom stereocenters. The van der Waals surface area contributed by atoms with Gasteiger partial charge in [-0.25, -0.2) is 0 Å². The Morgan fingerprint density at radius 1 is 1.06 bits per heavy atom. The van der Waals surface area contributed by atoms with Crippen molar-refractivity contribution in [3.05, 3.63) is 101 Å². The minimum absolute atomic E-state index is 0.196. The van der Waals surface area contributed by atoms with Gasteiger partial charge in [0.05, 0.1) is 11.7 Å². The lowest BCUT2D eigenvalue weighted by Crippen LogP contribution is -2.29. The number of aryl methyl sites for hydroxylation is 1. The summed E-state index contributed by atoms with van der Waals surface area (Å²) in [6, 6.07) is 22.1. The molecule has 1 aliphatic heterocycles. The summed E-state index contributed by atoms with van der Waals surface area (Å²) in [6.07, 6.45) is 1.77. The van der Waals surface area contributed by atoms with E-state index in [1.54, 1.807) is 18.3 Å². The number of thiocarbonyl (C=S) groups is 1. The number of rotatable bonds is 4. The van der Waals surface area contributed by atoms with E-state index in [4.69, 9.17) is 28.2 Å². The summed E-state index contributed by atoms with van der Waals surface area (Å²) in [7, 11) is 0. The van der Waals surface area contributed by atoms with Gasteiger partial charge in [-0.05, 0) is 79.3 Å². The number of nitrogens with one attached hydrogen (secondary N) is 1. The Morgan fingerprint density at radius 2 is 1.88 bits per heavy atom. The molecule has 0 spiro atoms. The van der Waals surface area contributed by atoms with Crippen LogP contribution in [-0.4, -0.2) is 15.2 Å². The fraction of sp³-hybridized carbons (Fsp3) is 0.120. The highest BCUT2D eigenvalue weighted by Crippen LogP contribution is 2.43. The average molecular weight is 462 g/mol. The third-order valence-electron chi connectivity index (χ3n) is 5.60. The fourth-order valence-corrected chi connectivity index (χ4v) is 4.47. The molecular weight excluding hydrogens is 442 g/mol. The van der Waals surface area contributed by atoms with E-state index in [0.717, 1.165) is 34.0 Å². The van der Waals surface area contributed by atoms with E-state index in [9.17, 15) is 5.11 Å². The van der Waals surface area contributed by atoms with Crippen LogP contribution in [-0.2, 0) is 0 Å². The van der Waals surface area contributed by atoms with Crippen molar-refractivity contribution < 1.29 is 9.52 Å². The molecule has 3 heterocycles. The molecule has 2 aromatic carbocycles. The number of aromatic hydroxyl groups is 1. The summed E-state index contributed by atoms with van der Waals surface area (Å²) in [5, 5.41) is 14.4. The van der Waals surface area contributed by atoms with Gasteiger partial charge in [-0.1, -0.05) is 29.8 Å². The summed E-state index contributed by atoms with van der Waals surface area (Å²) in [5.74, 6) is 1.67. The third-order valence-corrected chi connectivity index (χ3v) is 6.32. The molecule has 4 aromatic rings. The molecule has 32 heavy (non-hydrogen) atoms. The van der Waals surface area contributed by atoms with Gasteiger partial charge >= 0.3 is 0 Å². The highest BCUT2D eigenvalue weighted by Gasteiger charge is 2.42. The van der Waals surface area contributed by atoms with Crippen LogP contribution in [0.15, 0.2) is 83.4 Å². The summed E-state index contributed by atoms with van der Waals surface area (Å²) < 4.78 is 6.35. The number of furan rings is 1. The Labute approximate surface area is 196 Å². The second kappa shape index (κ2) is 8.30. The molecule has 5 rings (SSSR count). The van der Waals surface area contributed by atoms with Crippen molar-refractivity contribution in [2.45, 2.75) is 19.0 Å². The van der Waals surface area contributed by atoms with E-state index in [0.29, 0.717) is 10.1 Å². The number of aromatic nitrogens is 1. The number of hydrogen-bond donors (Lipinski definition) is 2. The molecule has 0 saturated carbocycles. The van der Waals surface area contributed by atoms with Crippen LogP contribution in [0.25, 0.3) is 11.3 Å². The molecule has 0 radical (unpaired) electrons. The van der Waals surface area contributed by atoms with Crippen molar-refractivity contribution in [2.24, 2.45) is 0 Å². The molecule has 160 valence electrons. The first-order chi connectivity index (χ1) is 15.5. The quantitative estimate of drug-likeness (QED) is 0.353. The predicted molar refractivity (Wildman–Crippen MR) is 130 cm³/mol. The topological polar surface area (TPSA) is 61.5 Å². The van der Waals surface area contributed by atoms with Gasteiger partial charge in [0, 0.05) is 22.5 Å². The standard InChI is InChI=1S/C25H20ClN3O2S/c1-15-5-6-16(14-19(15)26)21-11-12-22(31-21)24-23(20-4-2-3-13-27-20)28-25(32)29(24)17-7-9-18(30)10-8-17/h2-14,23-24,30H,1H3,(H,28,32)/t23-,24-/m0/s1. The molecule has 1 saturated heterocycles. The zero-order valence-corrected chi connectivity index (χ0v) is 18.8. The molecule has 0 bridgehead atoms. The summed E-state index contributed by atoms with van der Waals surface area (Å²) in [6.45, 7) is 1.97. The zero-order chi connectivity index (χ0) is 22.2. The second-order valence-electron chi connectivity index (χ2n) is 7.68. The third kappa shape index (κ3) is 3.72. The number of nitrogens with zero attached hydrogens (tertiary/aromatic N) is 2. The second-order valence-corrected chi connectivity index (χ2v) is 8.47. The summed E-state index contributed by atoms with van der Waals surface area (Å²) >= 11 is 12.0. The Kier molecular flexibility index (Phi) is 5.33. The maximum absolute atomic E-state index is 9.74. The molecule has 1 aliphatic rings. The van der Waals surface area contributed by atoms with Crippen LogP contribution in [0.5, 0.6) is 5.75 Å². The van der Waals surface area contributed by atoms with E-state index in [-0.39, 0.29) is 17.8 Å². The van der Waals surface area contributed by atoms with Crippen molar-refractivity contribution in [3.63, 3.8) is 0 Å². The number of halogens is 1. The van der Waals surface area contributed by atoms with E-state index >= 15 is 0 Å². The van der Waals surface area contributed by atoms with Crippen LogP contribution >= 0.6 is 23.8 Å². The van der Waals surface area contributed by atoms with Gasteiger partial charge < -0.3 is 19.7 Å². The van der Waals surface area contributed by atoms with Crippen LogP contribution in [0.4, 0.5) is 5.69 Å². The van der Waals surface area contributed by atoms with Crippen LogP contribution < -0.4 is 10.2 Å². The molecule has 0 unspecified atom stereocenters. The number of benzene rings is 2. The van der Waals surface area contributed by atoms with E-state index in [1.807, 2.05) is 72.5 Å². The van der Waals surface area contributed by atoms with Crippen molar-refractivity contribution in [1.29, 1.82) is 0 Å². The van der Waals surface area contributed by atoms with Crippen molar-refractivity contribution in [3.8, 4) is 17.1 Å². The number of anilines is 1. The number of phenolic OH excluding ortho intramolecular Hbond substituents is 1. The minimum Gasteiger partial charge on any atom is -0.508 e. The normalized spacial score (nSPS) is 18.1. The van der Waals surface area contributed by atoms with Gasteiger partial charge in [0.25, 0.3) is 0 Å². The van der Waals surface area contributed by atoms with Crippen LogP contribution in [0.3, 0.4) is 0 Å². The minimum atomic E-state index is -0.267. The first-order valence-electron chi connectivity index (χ1n) is 10.2. The lowest BCUT2D eigenvalue weighted by molar-refractivity contribution is 0.439. The maximum atomic E-state index is 9.74. The smallest absolute Gasteiger partial charge is 0.174 e. The Morgan fingerprint density at radius 3 is 2.59 bits per heavy atom. The van der Waals surface area contributed by atoms with Gasteiger partial charge in [-0.15, -0.1) is 0 Å². The first-order valence-corrected chi connectivity index (χ1v) is 11.0. The number of hydrogen-bond acceptors (Lipinski definition) is 4. The van der Waals surface area contributed by atoms with Gasteiger partial charge in [0.1, 0.15) is 23.3 Å². The van der Waals surface area contributed by atoms with Crippen molar-refractivity contribution in [2.75, 3.05) is 4.90 Å². The van der Waals surface area contributed by atoms with Crippen LogP contribution in [0.2, 0.25) is 5.02 Å². The van der Waals surface area contributed by atoms with E-state index in [2.05, 4.69) is 10.3 Å². The van der Waals surface area contributed by atoms with Gasteiger partial charge in [-0.3, -0.25) is 4.98 Å². The van der Waals surface area contributed by atoms with Gasteiger partial charge in [0.15, 0.2) is 5.11 Å². The fourth-order valence-electron chi connectivity index (χ4n) is 3.95. The summed E-state index contributed by atoms with van der Waals surface area (Å²) in [5.41, 5.74) is 3.63. The Balaban J connectivity index is 1.59. The van der Waals surface area contributed by atoms with Crippen molar-refractivity contribution in [1.82, 2.24) is 10.3 Å². The van der Waals surface area contributed by atoms with Gasteiger partial charge in [-0.2, -0.15) is 0 Å². The molecule has 2 aromatic heterocycles. The van der Waals surface area contributed by atoms with Crippen molar-refractivity contribution >= 4 is 34.6 Å². The van der Waals surface area contributed by atoms with Crippen LogP contribution in [0.1, 0.15) is 29.1 Å². The highest BCUT2D eigenvalue weighted by atomic mass is 35.5. The van der Waals surface area contributed by atoms with Crippen LogP contribution in [0, 0.1) is 6.92 Å². The molecule has 0 amide bonds. The SMILES string of the molecule is Cc1ccc(-c2ccc([C@H]3[C@H](c4ccccn4)NC(=S)N3c3ccc(O)cc3)o2)cc1Cl. The molecule has 2 N–H and O–H groups in total. The summed E-state index contributed by atoms with van der Waals surface area (Å²) in [4.78, 5) is 6.55. The lowest BCUT2D eigenvalue weighted by atomic mass is 10.0. The maximum Gasteiger partial charge on any atom is 0.174 e. The number of pyridine rings is 1. The molecule has 0 aliphatic carbocycles. The zero-order valence-electron chi connectivity index (χ0n) is 17.2. The van der Waals surface area contributed by atoms with E-state index in [1.165, 1.54) is 0 Å². The average Bonchev–Trinajstić information content (AvgIpc) is 3.41. The Hall–Kier alpha value is -3.35. The first kappa shape index (κ1) is 20.5. The lowest BCUT2D eigenvalue weighted by Gasteiger charge is -2.26. The highest BCUT2D eigenvalue weighted by molar-refractivity contribution is 7.80. The van der Waals surface area contributed by atoms with Gasteiger partial charge in [0.2, 0.25) is 0 Å². The monoisotopic (exact) mass is 461 g/mol. The van der Waals surface area contributed by atoms with E-state index < -0.39 is 0 Å². The Bertz CT molecular complexity index is 1270.